The largest absolute Gasteiger partial charge is 0.398 e. The molecule has 1 aliphatic rings. The lowest BCUT2D eigenvalue weighted by Crippen LogP contribution is -2.36. The Kier molecular flexibility index (Phi) is 9.09. The number of nitrogens with one attached hydrogen (secondary N) is 1. The van der Waals surface area contributed by atoms with Crippen LogP contribution in [-0.2, 0) is 14.8 Å². The van der Waals surface area contributed by atoms with Gasteiger partial charge in [0.2, 0.25) is 10.0 Å². The molecule has 4 rings (SSSR count). The standard InChI is InChI=1S/C18H21N7O6S.C2H6.CH4/c19-10-4-2-1-3-9(10)17(28)24-32(29,30)6-5-11-13(26)14(27)18(31-11)25-8-23-12-15(20)21-7-22-16(12)25;1-2;/h1-4,7-8,11,13-14,18,26-27H,5-6,19H2,(H,24,28)(H2,20,21,22);1-2H3;1H4/t11-,13-,14-,18-;;/m1../s1. The number of fused-ring (bicyclic) bond motifs is 1. The van der Waals surface area contributed by atoms with Gasteiger partial charge in [0, 0.05) is 5.69 Å². The van der Waals surface area contributed by atoms with Crippen LogP contribution in [0.3, 0.4) is 0 Å². The number of imidazole rings is 1. The molecule has 0 unspecified atom stereocenters. The van der Waals surface area contributed by atoms with Crippen LogP contribution in [0.5, 0.6) is 0 Å². The summed E-state index contributed by atoms with van der Waals surface area (Å²) in [5.41, 5.74) is 12.2. The zero-order valence-electron chi connectivity index (χ0n) is 18.6. The van der Waals surface area contributed by atoms with Gasteiger partial charge >= 0.3 is 0 Å². The normalized spacial score (nSPS) is 21.6. The first kappa shape index (κ1) is 27.9. The number of nitrogen functional groups attached to an aromatic ring is 2. The van der Waals surface area contributed by atoms with Crippen molar-refractivity contribution >= 4 is 38.6 Å². The van der Waals surface area contributed by atoms with E-state index in [1.807, 2.05) is 18.6 Å². The smallest absolute Gasteiger partial charge is 0.266 e. The zero-order valence-corrected chi connectivity index (χ0v) is 19.4. The van der Waals surface area contributed by atoms with E-state index in [1.54, 1.807) is 12.1 Å². The highest BCUT2D eigenvalue weighted by molar-refractivity contribution is 7.90. The first-order chi connectivity index (χ1) is 16.2. The molecule has 1 fully saturated rings. The lowest BCUT2D eigenvalue weighted by molar-refractivity contribution is -0.0353. The molecule has 3 heterocycles. The van der Waals surface area contributed by atoms with Crippen LogP contribution >= 0.6 is 0 Å². The van der Waals surface area contributed by atoms with Gasteiger partial charge in [-0.1, -0.05) is 33.4 Å². The number of nitrogens with zero attached hydrogens (tertiary/aromatic N) is 4. The number of ether oxygens (including phenoxy) is 1. The molecule has 2 aromatic heterocycles. The maximum Gasteiger partial charge on any atom is 0.266 e. The third-order valence-corrected chi connectivity index (χ3v) is 6.39. The predicted molar refractivity (Wildman–Crippen MR) is 130 cm³/mol. The second kappa shape index (κ2) is 11.4. The number of para-hydroxylation sites is 1. The van der Waals surface area contributed by atoms with Gasteiger partial charge in [-0.05, 0) is 18.6 Å². The molecule has 1 aromatic carbocycles. The number of carbonyl (C=O) groups is 1. The number of carbonyl (C=O) groups excluding carboxylic acids is 1. The lowest BCUT2D eigenvalue weighted by atomic mass is 10.1. The number of amides is 1. The van der Waals surface area contributed by atoms with Gasteiger partial charge in [0.1, 0.15) is 24.1 Å². The van der Waals surface area contributed by atoms with E-state index < -0.39 is 46.2 Å². The van der Waals surface area contributed by atoms with Gasteiger partial charge in [-0.25, -0.2) is 28.1 Å². The number of anilines is 2. The molecule has 3 aromatic rings. The number of aliphatic hydroxyl groups is 2. The van der Waals surface area contributed by atoms with E-state index in [0.717, 1.165) is 0 Å². The fourth-order valence-electron chi connectivity index (χ4n) is 3.48. The summed E-state index contributed by atoms with van der Waals surface area (Å²) in [6, 6.07) is 6.05. The quantitative estimate of drug-likeness (QED) is 0.287. The van der Waals surface area contributed by atoms with Crippen LogP contribution in [0.2, 0.25) is 0 Å². The van der Waals surface area contributed by atoms with Crippen LogP contribution in [-0.4, -0.2) is 68.1 Å². The van der Waals surface area contributed by atoms with Crippen molar-refractivity contribution in [2.75, 3.05) is 17.2 Å². The Bertz CT molecular complexity index is 1270. The Hall–Kier alpha value is -3.33. The van der Waals surface area contributed by atoms with Crippen molar-refractivity contribution in [1.82, 2.24) is 24.2 Å². The minimum Gasteiger partial charge on any atom is -0.398 e. The number of benzene rings is 1. The number of aliphatic hydroxyl groups excluding tert-OH is 2. The van der Waals surface area contributed by atoms with E-state index in [-0.39, 0.29) is 36.6 Å². The Labute approximate surface area is 203 Å². The van der Waals surface area contributed by atoms with Crippen LogP contribution in [0.25, 0.3) is 11.2 Å². The molecular weight excluding hydrogens is 478 g/mol. The van der Waals surface area contributed by atoms with Crippen molar-refractivity contribution in [3.05, 3.63) is 42.5 Å². The van der Waals surface area contributed by atoms with E-state index in [2.05, 4.69) is 15.0 Å². The van der Waals surface area contributed by atoms with Crippen molar-refractivity contribution in [3.63, 3.8) is 0 Å². The Morgan fingerprint density at radius 3 is 2.51 bits per heavy atom. The van der Waals surface area contributed by atoms with E-state index in [0.29, 0.717) is 5.52 Å². The summed E-state index contributed by atoms with van der Waals surface area (Å²) >= 11 is 0. The number of aromatic nitrogens is 4. The highest BCUT2D eigenvalue weighted by atomic mass is 32.2. The maximum atomic E-state index is 12.4. The summed E-state index contributed by atoms with van der Waals surface area (Å²) in [7, 11) is -4.07. The molecule has 14 heteroatoms. The van der Waals surface area contributed by atoms with Crippen molar-refractivity contribution in [3.8, 4) is 0 Å². The monoisotopic (exact) mass is 509 g/mol. The van der Waals surface area contributed by atoms with Crippen molar-refractivity contribution in [1.29, 1.82) is 0 Å². The number of nitrogens with two attached hydrogens (primary N) is 2. The summed E-state index contributed by atoms with van der Waals surface area (Å²) in [5.74, 6) is -1.26. The van der Waals surface area contributed by atoms with E-state index in [4.69, 9.17) is 16.2 Å². The van der Waals surface area contributed by atoms with Crippen LogP contribution in [0.15, 0.2) is 36.9 Å². The number of hydrogen-bond acceptors (Lipinski definition) is 11. The molecule has 0 spiro atoms. The van der Waals surface area contributed by atoms with Gasteiger partial charge in [0.25, 0.3) is 5.91 Å². The minimum atomic E-state index is -4.07. The molecule has 1 amide bonds. The Morgan fingerprint density at radius 2 is 1.83 bits per heavy atom. The first-order valence-corrected chi connectivity index (χ1v) is 12.2. The van der Waals surface area contributed by atoms with Gasteiger partial charge in [0.15, 0.2) is 17.7 Å². The summed E-state index contributed by atoms with van der Waals surface area (Å²) in [4.78, 5) is 24.2. The molecule has 1 aliphatic heterocycles. The van der Waals surface area contributed by atoms with Gasteiger partial charge < -0.3 is 26.4 Å². The van der Waals surface area contributed by atoms with Crippen LogP contribution in [0.4, 0.5) is 11.5 Å². The molecule has 0 saturated carbocycles. The molecule has 192 valence electrons. The third kappa shape index (κ3) is 5.85. The molecule has 13 nitrogen and oxygen atoms in total. The maximum absolute atomic E-state index is 12.4. The second-order valence-electron chi connectivity index (χ2n) is 7.26. The van der Waals surface area contributed by atoms with Crippen molar-refractivity contribution in [2.45, 2.75) is 52.2 Å². The third-order valence-electron chi connectivity index (χ3n) is 5.12. The summed E-state index contributed by atoms with van der Waals surface area (Å²) in [6.07, 6.45) is -2.50. The molecule has 7 N–H and O–H groups in total. The molecule has 0 aliphatic carbocycles. The minimum absolute atomic E-state index is 0. The van der Waals surface area contributed by atoms with Crippen molar-refractivity contribution in [2.24, 2.45) is 0 Å². The molecule has 0 bridgehead atoms. The molecular formula is C21H31N7O6S. The molecule has 4 atom stereocenters. The summed E-state index contributed by atoms with van der Waals surface area (Å²) in [6.45, 7) is 4.00. The second-order valence-corrected chi connectivity index (χ2v) is 9.10. The van der Waals surface area contributed by atoms with Gasteiger partial charge in [-0.3, -0.25) is 9.36 Å². The van der Waals surface area contributed by atoms with Gasteiger partial charge in [-0.15, -0.1) is 0 Å². The predicted octanol–water partition coefficient (Wildman–Crippen LogP) is 0.422. The lowest BCUT2D eigenvalue weighted by Gasteiger charge is -2.16. The fraction of sp³-hybridized carbons (Fsp3) is 0.429. The first-order valence-electron chi connectivity index (χ1n) is 10.5. The summed E-state index contributed by atoms with van der Waals surface area (Å²) in [5, 5.41) is 20.8. The summed E-state index contributed by atoms with van der Waals surface area (Å²) < 4.78 is 33.8. The number of sulfonamides is 1. The average Bonchev–Trinajstić information content (AvgIpc) is 3.36. The molecule has 0 radical (unpaired) electrons. The fourth-order valence-corrected chi connectivity index (χ4v) is 4.51. The molecule has 1 saturated heterocycles. The van der Waals surface area contributed by atoms with E-state index in [9.17, 15) is 23.4 Å². The zero-order chi connectivity index (χ0) is 25.0. The highest BCUT2D eigenvalue weighted by Crippen LogP contribution is 2.33. The Balaban J connectivity index is 0.00000140. The highest BCUT2D eigenvalue weighted by Gasteiger charge is 2.44. The van der Waals surface area contributed by atoms with E-state index in [1.165, 1.54) is 29.4 Å². The topological polar surface area (TPSA) is 209 Å². The van der Waals surface area contributed by atoms with Crippen LogP contribution in [0, 0.1) is 0 Å². The van der Waals surface area contributed by atoms with E-state index >= 15 is 0 Å². The van der Waals surface area contributed by atoms with Gasteiger partial charge in [0.05, 0.1) is 23.7 Å². The van der Waals surface area contributed by atoms with Gasteiger partial charge in [-0.2, -0.15) is 0 Å². The molecule has 35 heavy (non-hydrogen) atoms. The average molecular weight is 510 g/mol. The number of rotatable bonds is 6. The SMILES string of the molecule is C.CC.Nc1ccccc1C(=O)NS(=O)(=O)CC[C@H]1O[C@@H](n2cnc3c(N)ncnc32)[C@H](O)[C@@H]1O. The number of hydrogen-bond donors (Lipinski definition) is 5. The van der Waals surface area contributed by atoms with Crippen LogP contribution < -0.4 is 16.2 Å². The Morgan fingerprint density at radius 1 is 1.14 bits per heavy atom. The van der Waals surface area contributed by atoms with Crippen LogP contribution in [0.1, 0.15) is 44.3 Å². The van der Waals surface area contributed by atoms with Crippen molar-refractivity contribution < 1.29 is 28.2 Å².